The van der Waals surface area contributed by atoms with Gasteiger partial charge in [0.1, 0.15) is 11.6 Å². The van der Waals surface area contributed by atoms with Crippen molar-refractivity contribution in [2.45, 2.75) is 58.1 Å². The molecule has 0 amide bonds. The molecule has 1 aliphatic heterocycles. The zero-order valence-electron chi connectivity index (χ0n) is 14.8. The highest BCUT2D eigenvalue weighted by Gasteiger charge is 2.55. The molecule has 1 aliphatic rings. The van der Waals surface area contributed by atoms with Crippen LogP contribution in [0.5, 0.6) is 5.75 Å². The molecule has 0 aromatic heterocycles. The van der Waals surface area contributed by atoms with Crippen LogP contribution < -0.4 is 0 Å². The van der Waals surface area contributed by atoms with Gasteiger partial charge in [0.2, 0.25) is 0 Å². The molecule has 1 atom stereocenters. The molecule has 1 aromatic rings. The Kier molecular flexibility index (Phi) is 5.25. The third-order valence-corrected chi connectivity index (χ3v) is 4.69. The zero-order valence-corrected chi connectivity index (χ0v) is 14.8. The third-order valence-electron chi connectivity index (χ3n) is 4.69. The molecule has 24 heavy (non-hydrogen) atoms. The van der Waals surface area contributed by atoms with E-state index in [4.69, 9.17) is 14.0 Å². The van der Waals surface area contributed by atoms with Crippen molar-refractivity contribution in [3.63, 3.8) is 0 Å². The molecule has 0 bridgehead atoms. The fraction of sp³-hybridized carbons (Fsp3) is 0.588. The van der Waals surface area contributed by atoms with Crippen LogP contribution in [0.3, 0.4) is 0 Å². The zero-order chi connectivity index (χ0) is 18.1. The number of phenolic OH excluding ortho intramolecular Hbond substituents is 1. The first-order valence-corrected chi connectivity index (χ1v) is 8.07. The Bertz CT molecular complexity index is 581. The Labute approximate surface area is 142 Å². The lowest BCUT2D eigenvalue weighted by molar-refractivity contribution is -0.143. The van der Waals surface area contributed by atoms with E-state index >= 15 is 0 Å². The number of aromatic hydroxyl groups is 1. The minimum atomic E-state index is -0.873. The van der Waals surface area contributed by atoms with Gasteiger partial charge in [-0.25, -0.2) is 4.39 Å². The number of benzene rings is 1. The third kappa shape index (κ3) is 3.57. The molecule has 5 nitrogen and oxygen atoms in total. The predicted molar refractivity (Wildman–Crippen MR) is 88.1 cm³/mol. The van der Waals surface area contributed by atoms with Crippen molar-refractivity contribution in [3.05, 3.63) is 29.6 Å². The van der Waals surface area contributed by atoms with Gasteiger partial charge in [-0.3, -0.25) is 4.79 Å². The highest BCUT2D eigenvalue weighted by atomic mass is 19.1. The first-order chi connectivity index (χ1) is 11.1. The first-order valence-electron chi connectivity index (χ1n) is 8.07. The van der Waals surface area contributed by atoms with Crippen molar-refractivity contribution in [1.29, 1.82) is 0 Å². The van der Waals surface area contributed by atoms with E-state index in [0.717, 1.165) is 0 Å². The summed E-state index contributed by atoms with van der Waals surface area (Å²) in [5.74, 6) is -2.16. The lowest BCUT2D eigenvalue weighted by Crippen LogP contribution is -2.41. The molecule has 1 aromatic carbocycles. The van der Waals surface area contributed by atoms with Gasteiger partial charge in [-0.1, -0.05) is 6.07 Å². The van der Waals surface area contributed by atoms with Crippen molar-refractivity contribution in [2.24, 2.45) is 0 Å². The number of hydrogen-bond donors (Lipinski definition) is 1. The van der Waals surface area contributed by atoms with Gasteiger partial charge in [-0.2, -0.15) is 0 Å². The van der Waals surface area contributed by atoms with Crippen molar-refractivity contribution in [1.82, 2.24) is 0 Å². The van der Waals surface area contributed by atoms with Gasteiger partial charge in [0.05, 0.1) is 24.2 Å². The smallest absolute Gasteiger partial charge is 0.466 e. The summed E-state index contributed by atoms with van der Waals surface area (Å²) in [6.07, 6.45) is -0.154. The molecule has 1 fully saturated rings. The van der Waals surface area contributed by atoms with E-state index in [0.29, 0.717) is 0 Å². The number of carbonyl (C=O) groups is 1. The molecule has 2 rings (SSSR count). The molecule has 0 saturated carbocycles. The number of carbonyl (C=O) groups excluding carboxylic acids is 1. The number of halogens is 1. The average Bonchev–Trinajstić information content (AvgIpc) is 2.66. The Morgan fingerprint density at radius 1 is 1.29 bits per heavy atom. The molecule has 132 valence electrons. The maximum Gasteiger partial charge on any atom is 0.466 e. The SMILES string of the molecule is CCOC(=O)CC(B1OC(C)(C)C(C)(C)O1)c1c(O)cccc1F. The fourth-order valence-corrected chi connectivity index (χ4v) is 2.68. The lowest BCUT2D eigenvalue weighted by Gasteiger charge is -2.32. The second-order valence-electron chi connectivity index (χ2n) is 6.91. The van der Waals surface area contributed by atoms with Crippen LogP contribution in [0.2, 0.25) is 0 Å². The minimum Gasteiger partial charge on any atom is -0.508 e. The predicted octanol–water partition coefficient (Wildman–Crippen LogP) is 3.20. The highest BCUT2D eigenvalue weighted by molar-refractivity contribution is 6.48. The standard InChI is InChI=1S/C17H24BFO5/c1-6-22-14(21)10-11(15-12(19)8-7-9-13(15)20)18-23-16(2,3)17(4,5)24-18/h7-9,11,20H,6,10H2,1-5H3. The molecular weight excluding hydrogens is 314 g/mol. The number of hydrogen-bond acceptors (Lipinski definition) is 5. The Hall–Kier alpha value is -1.60. The molecular formula is C17H24BFO5. The topological polar surface area (TPSA) is 65.0 Å². The van der Waals surface area contributed by atoms with Crippen molar-refractivity contribution in [2.75, 3.05) is 6.61 Å². The first kappa shape index (κ1) is 18.7. The monoisotopic (exact) mass is 338 g/mol. The summed E-state index contributed by atoms with van der Waals surface area (Å²) in [4.78, 5) is 12.0. The van der Waals surface area contributed by atoms with E-state index in [1.165, 1.54) is 18.2 Å². The minimum absolute atomic E-state index is 0.00375. The van der Waals surface area contributed by atoms with E-state index < -0.39 is 35.9 Å². The average molecular weight is 338 g/mol. The van der Waals surface area contributed by atoms with Gasteiger partial charge in [-0.15, -0.1) is 0 Å². The maximum atomic E-state index is 14.4. The van der Waals surface area contributed by atoms with Gasteiger partial charge in [0.15, 0.2) is 0 Å². The second kappa shape index (κ2) is 6.72. The number of rotatable bonds is 5. The molecule has 0 radical (unpaired) electrons. The van der Waals surface area contributed by atoms with Crippen LogP contribution in [-0.4, -0.2) is 36.0 Å². The van der Waals surface area contributed by atoms with Crippen molar-refractivity contribution < 1.29 is 28.3 Å². The van der Waals surface area contributed by atoms with Gasteiger partial charge in [0, 0.05) is 11.4 Å². The van der Waals surface area contributed by atoms with E-state index in [9.17, 15) is 14.3 Å². The van der Waals surface area contributed by atoms with E-state index in [1.807, 2.05) is 27.7 Å². The van der Waals surface area contributed by atoms with Crippen LogP contribution >= 0.6 is 0 Å². The van der Waals surface area contributed by atoms with Gasteiger partial charge >= 0.3 is 13.1 Å². The maximum absolute atomic E-state index is 14.4. The molecule has 7 heteroatoms. The van der Waals surface area contributed by atoms with E-state index in [-0.39, 0.29) is 24.3 Å². The summed E-state index contributed by atoms with van der Waals surface area (Å²) in [7, 11) is -0.873. The number of esters is 1. The van der Waals surface area contributed by atoms with Crippen LogP contribution in [0.25, 0.3) is 0 Å². The lowest BCUT2D eigenvalue weighted by atomic mass is 9.65. The molecule has 1 heterocycles. The summed E-state index contributed by atoms with van der Waals surface area (Å²) in [5.41, 5.74) is -1.26. The summed E-state index contributed by atoms with van der Waals surface area (Å²) in [5, 5.41) is 10.1. The quantitative estimate of drug-likeness (QED) is 0.660. The molecule has 0 aliphatic carbocycles. The Balaban J connectivity index is 2.40. The van der Waals surface area contributed by atoms with Crippen molar-refractivity contribution in [3.8, 4) is 5.75 Å². The highest BCUT2D eigenvalue weighted by Crippen LogP contribution is 2.43. The van der Waals surface area contributed by atoms with Crippen molar-refractivity contribution >= 4 is 13.1 Å². The van der Waals surface area contributed by atoms with Gasteiger partial charge in [-0.05, 0) is 46.8 Å². The van der Waals surface area contributed by atoms with Gasteiger partial charge < -0.3 is 19.2 Å². The fourth-order valence-electron chi connectivity index (χ4n) is 2.68. The summed E-state index contributed by atoms with van der Waals surface area (Å²) in [6, 6.07) is 4.01. The molecule has 1 saturated heterocycles. The molecule has 1 N–H and O–H groups in total. The van der Waals surface area contributed by atoms with E-state index in [1.54, 1.807) is 6.92 Å². The Morgan fingerprint density at radius 2 is 1.88 bits per heavy atom. The molecule has 1 unspecified atom stereocenters. The van der Waals surface area contributed by atoms with E-state index in [2.05, 4.69) is 0 Å². The summed E-state index contributed by atoms with van der Waals surface area (Å²) >= 11 is 0. The normalized spacial score (nSPS) is 20.0. The number of phenols is 1. The van der Waals surface area contributed by atoms with Gasteiger partial charge in [0.25, 0.3) is 0 Å². The summed E-state index contributed by atoms with van der Waals surface area (Å²) in [6.45, 7) is 9.40. The molecule has 0 spiro atoms. The second-order valence-corrected chi connectivity index (χ2v) is 6.91. The van der Waals surface area contributed by atoms with Crippen LogP contribution in [-0.2, 0) is 18.8 Å². The van der Waals surface area contributed by atoms with Crippen LogP contribution in [0, 0.1) is 5.82 Å². The summed E-state index contributed by atoms with van der Waals surface area (Å²) < 4.78 is 31.3. The number of ether oxygens (including phenoxy) is 1. The van der Waals surface area contributed by atoms with Crippen LogP contribution in [0.15, 0.2) is 18.2 Å². The Morgan fingerprint density at radius 3 is 2.38 bits per heavy atom. The largest absolute Gasteiger partial charge is 0.508 e. The van der Waals surface area contributed by atoms with Crippen LogP contribution in [0.1, 0.15) is 52.4 Å². The van der Waals surface area contributed by atoms with Crippen LogP contribution in [0.4, 0.5) is 4.39 Å².